The highest BCUT2D eigenvalue weighted by atomic mass is 35.5. The van der Waals surface area contributed by atoms with Crippen molar-refractivity contribution in [2.75, 3.05) is 19.7 Å². The van der Waals surface area contributed by atoms with Crippen LogP contribution in [-0.2, 0) is 24.4 Å². The number of carbonyl (C=O) groups is 1. The number of hydrogen-bond acceptors (Lipinski definition) is 9. The molecule has 0 bridgehead atoms. The van der Waals surface area contributed by atoms with Crippen LogP contribution in [0.4, 0.5) is 0 Å². The first-order valence-electron chi connectivity index (χ1n) is 20.1. The van der Waals surface area contributed by atoms with Crippen molar-refractivity contribution in [1.82, 2.24) is 35.3 Å². The molecule has 0 aliphatic heterocycles. The molecule has 2 atom stereocenters. The highest BCUT2D eigenvalue weighted by molar-refractivity contribution is 5.85. The number of aliphatic imine (C=N–C) groups is 1. The van der Waals surface area contributed by atoms with Crippen LogP contribution in [0.3, 0.4) is 0 Å². The minimum absolute atomic E-state index is 0. The number of ether oxygens (including phenoxy) is 2. The monoisotopic (exact) mass is 827 g/mol. The Hall–Kier alpha value is -4.40. The van der Waals surface area contributed by atoms with E-state index in [1.54, 1.807) is 9.36 Å². The van der Waals surface area contributed by atoms with Gasteiger partial charge in [0.2, 0.25) is 5.91 Å². The molecule has 5 rings (SSSR count). The van der Waals surface area contributed by atoms with Gasteiger partial charge >= 0.3 is 0 Å². The standard InChI is InChI=1S/C41H61N11O3.2ClH/c1-30(2)21-24-54-36-19-17-32(18-20-36)37-14-6-7-16-39(37)55-29-35-27-51(49-48-35)26-33(13-8-9-22-42)46-40(53)38(15-10-23-45-41(43)44)52-28-34(47-50-52)25-31-11-4-3-5-12-31;;/h6-7,14,16-20,27-28,30-31,33,38H,3-5,8-13,15,21-26,29,42H2,1-2H3,(H,46,53)(H4,43,44,45);2*1H/t33-,38-;;/m1../s1. The largest absolute Gasteiger partial charge is 0.494 e. The lowest BCUT2D eigenvalue weighted by atomic mass is 9.86. The number of carbonyl (C=O) groups excluding carboxylic acids is 1. The van der Waals surface area contributed by atoms with Gasteiger partial charge in [0.1, 0.15) is 29.8 Å². The Morgan fingerprint density at radius 3 is 2.39 bits per heavy atom. The summed E-state index contributed by atoms with van der Waals surface area (Å²) in [5, 5.41) is 21.0. The summed E-state index contributed by atoms with van der Waals surface area (Å²) in [4.78, 5) is 18.1. The van der Waals surface area contributed by atoms with E-state index in [4.69, 9.17) is 26.7 Å². The van der Waals surface area contributed by atoms with E-state index < -0.39 is 6.04 Å². The number of benzene rings is 2. The number of nitrogens with one attached hydrogen (secondary N) is 1. The van der Waals surface area contributed by atoms with Crippen LogP contribution in [0.2, 0.25) is 0 Å². The van der Waals surface area contributed by atoms with Crippen LogP contribution in [0.5, 0.6) is 11.5 Å². The van der Waals surface area contributed by atoms with Crippen molar-refractivity contribution < 1.29 is 14.3 Å². The number of nitrogens with zero attached hydrogens (tertiary/aromatic N) is 7. The van der Waals surface area contributed by atoms with Gasteiger partial charge in [0, 0.05) is 24.3 Å². The highest BCUT2D eigenvalue weighted by Gasteiger charge is 2.26. The first kappa shape index (κ1) is 47.0. The zero-order valence-electron chi connectivity index (χ0n) is 33.5. The van der Waals surface area contributed by atoms with Crippen LogP contribution in [-0.4, -0.2) is 67.6 Å². The van der Waals surface area contributed by atoms with Gasteiger partial charge in [0.05, 0.1) is 25.0 Å². The predicted molar refractivity (Wildman–Crippen MR) is 230 cm³/mol. The molecule has 0 unspecified atom stereocenters. The summed E-state index contributed by atoms with van der Waals surface area (Å²) in [6, 6.07) is 15.3. The number of amides is 1. The molecule has 14 nitrogen and oxygen atoms in total. The lowest BCUT2D eigenvalue weighted by Crippen LogP contribution is -2.42. The third kappa shape index (κ3) is 15.8. The lowest BCUT2D eigenvalue weighted by Gasteiger charge is -2.23. The number of guanidine groups is 1. The molecular weight excluding hydrogens is 765 g/mol. The average molecular weight is 829 g/mol. The van der Waals surface area contributed by atoms with E-state index in [2.05, 4.69) is 56.9 Å². The van der Waals surface area contributed by atoms with Crippen LogP contribution in [0.15, 0.2) is 65.9 Å². The van der Waals surface area contributed by atoms with E-state index in [1.807, 2.05) is 48.8 Å². The fourth-order valence-corrected chi connectivity index (χ4v) is 7.01. The average Bonchev–Trinajstić information content (AvgIpc) is 3.84. The van der Waals surface area contributed by atoms with E-state index in [1.165, 1.54) is 32.1 Å². The number of hydrogen-bond donors (Lipinski definition) is 4. The lowest BCUT2D eigenvalue weighted by molar-refractivity contribution is -0.125. The molecule has 2 aromatic heterocycles. The van der Waals surface area contributed by atoms with Crippen LogP contribution in [0.25, 0.3) is 11.1 Å². The maximum absolute atomic E-state index is 14.0. The summed E-state index contributed by atoms with van der Waals surface area (Å²) >= 11 is 0. The second kappa shape index (κ2) is 25.1. The molecule has 0 radical (unpaired) electrons. The van der Waals surface area contributed by atoms with Crippen molar-refractivity contribution in [2.24, 2.45) is 34.0 Å². The molecule has 2 heterocycles. The van der Waals surface area contributed by atoms with Crippen LogP contribution in [0, 0.1) is 11.8 Å². The first-order chi connectivity index (χ1) is 26.8. The molecule has 0 spiro atoms. The Labute approximate surface area is 349 Å². The van der Waals surface area contributed by atoms with Gasteiger partial charge in [-0.1, -0.05) is 93.1 Å². The zero-order valence-corrected chi connectivity index (χ0v) is 35.1. The highest BCUT2D eigenvalue weighted by Crippen LogP contribution is 2.32. The smallest absolute Gasteiger partial charge is 0.245 e. The number of para-hydroxylation sites is 1. The third-order valence-electron chi connectivity index (χ3n) is 10.1. The summed E-state index contributed by atoms with van der Waals surface area (Å²) < 4.78 is 15.7. The van der Waals surface area contributed by atoms with Gasteiger partial charge in [0.15, 0.2) is 5.96 Å². The van der Waals surface area contributed by atoms with Crippen LogP contribution >= 0.6 is 24.8 Å². The normalized spacial score (nSPS) is 13.9. The number of unbranched alkanes of at least 4 members (excludes halogenated alkanes) is 1. The minimum Gasteiger partial charge on any atom is -0.494 e. The maximum Gasteiger partial charge on any atom is 0.245 e. The van der Waals surface area contributed by atoms with Crippen molar-refractivity contribution in [3.8, 4) is 22.6 Å². The van der Waals surface area contributed by atoms with E-state index in [0.29, 0.717) is 56.6 Å². The Kier molecular flexibility index (Phi) is 20.7. The molecule has 57 heavy (non-hydrogen) atoms. The van der Waals surface area contributed by atoms with Gasteiger partial charge < -0.3 is 32.0 Å². The molecule has 4 aromatic rings. The van der Waals surface area contributed by atoms with E-state index in [0.717, 1.165) is 60.4 Å². The van der Waals surface area contributed by atoms with Crippen LogP contribution in [0.1, 0.15) is 102 Å². The summed E-state index contributed by atoms with van der Waals surface area (Å²) in [5.41, 5.74) is 20.6. The third-order valence-corrected chi connectivity index (χ3v) is 10.1. The Balaban J connectivity index is 0.00000435. The molecule has 16 heteroatoms. The molecule has 1 aliphatic rings. The Morgan fingerprint density at radius 1 is 0.895 bits per heavy atom. The molecular formula is C41H63Cl2N11O3. The fourth-order valence-electron chi connectivity index (χ4n) is 7.01. The maximum atomic E-state index is 14.0. The number of halogens is 2. The Bertz CT molecular complexity index is 1760. The molecule has 1 fully saturated rings. The summed E-state index contributed by atoms with van der Waals surface area (Å²) in [6.45, 7) is 6.77. The van der Waals surface area contributed by atoms with Crippen LogP contribution < -0.4 is 32.0 Å². The molecule has 7 N–H and O–H groups in total. The summed E-state index contributed by atoms with van der Waals surface area (Å²) in [7, 11) is 0. The second-order valence-corrected chi connectivity index (χ2v) is 15.1. The van der Waals surface area contributed by atoms with Gasteiger partial charge in [-0.05, 0) is 80.7 Å². The van der Waals surface area contributed by atoms with Crippen molar-refractivity contribution in [1.29, 1.82) is 0 Å². The van der Waals surface area contributed by atoms with Gasteiger partial charge in [-0.15, -0.1) is 35.0 Å². The second-order valence-electron chi connectivity index (χ2n) is 15.1. The van der Waals surface area contributed by atoms with Crippen molar-refractivity contribution in [3.05, 3.63) is 72.3 Å². The van der Waals surface area contributed by atoms with Crippen molar-refractivity contribution >= 4 is 36.7 Å². The number of nitrogens with two attached hydrogens (primary N) is 3. The van der Waals surface area contributed by atoms with E-state index in [9.17, 15) is 4.79 Å². The number of rotatable bonds is 23. The predicted octanol–water partition coefficient (Wildman–Crippen LogP) is 6.42. The molecule has 1 aliphatic carbocycles. The van der Waals surface area contributed by atoms with Gasteiger partial charge in [-0.2, -0.15) is 0 Å². The molecule has 314 valence electrons. The summed E-state index contributed by atoms with van der Waals surface area (Å²) in [6.07, 6.45) is 15.5. The molecule has 2 aromatic carbocycles. The molecule has 0 saturated heterocycles. The molecule has 1 amide bonds. The van der Waals surface area contributed by atoms with E-state index in [-0.39, 0.29) is 49.3 Å². The fraction of sp³-hybridized carbons (Fsp3) is 0.561. The van der Waals surface area contributed by atoms with Crippen molar-refractivity contribution in [2.45, 2.75) is 116 Å². The zero-order chi connectivity index (χ0) is 38.8. The minimum atomic E-state index is -0.563. The van der Waals surface area contributed by atoms with Gasteiger partial charge in [-0.3, -0.25) is 14.5 Å². The topological polar surface area (TPSA) is 199 Å². The van der Waals surface area contributed by atoms with Gasteiger partial charge in [-0.25, -0.2) is 4.68 Å². The number of aromatic nitrogens is 6. The summed E-state index contributed by atoms with van der Waals surface area (Å²) in [5.74, 6) is 2.72. The Morgan fingerprint density at radius 2 is 1.65 bits per heavy atom. The quantitative estimate of drug-likeness (QED) is 0.0368. The SMILES string of the molecule is CC(C)CCOc1ccc(-c2ccccc2OCc2cn(C[C@@H](CCCCN)NC(=O)[C@@H](CCCN=C(N)N)n3cc(CC4CCCCC4)nn3)nn2)cc1.Cl.Cl. The van der Waals surface area contributed by atoms with Gasteiger partial charge in [0.25, 0.3) is 0 Å². The van der Waals surface area contributed by atoms with E-state index >= 15 is 0 Å². The van der Waals surface area contributed by atoms with Crippen molar-refractivity contribution in [3.63, 3.8) is 0 Å². The molecule has 1 saturated carbocycles. The first-order valence-corrected chi connectivity index (χ1v) is 20.1.